The number of anilines is 3. The Morgan fingerprint density at radius 2 is 1.69 bits per heavy atom. The van der Waals surface area contributed by atoms with Crippen molar-refractivity contribution in [3.8, 4) is 0 Å². The van der Waals surface area contributed by atoms with Crippen molar-refractivity contribution in [2.24, 2.45) is 11.0 Å². The van der Waals surface area contributed by atoms with E-state index in [0.717, 1.165) is 53.9 Å². The zero-order chi connectivity index (χ0) is 22.1. The fourth-order valence-electron chi connectivity index (χ4n) is 5.18. The summed E-state index contributed by atoms with van der Waals surface area (Å²) in [7, 11) is 0. The molecule has 0 spiro atoms. The highest BCUT2D eigenvalue weighted by atomic mass is 16.5. The van der Waals surface area contributed by atoms with Crippen LogP contribution in [0.15, 0.2) is 47.6 Å². The van der Waals surface area contributed by atoms with Crippen molar-refractivity contribution in [1.29, 1.82) is 0 Å². The smallest absolute Gasteiger partial charge is 0.349 e. The van der Waals surface area contributed by atoms with E-state index < -0.39 is 0 Å². The number of fused-ring (bicyclic) bond motifs is 1. The zero-order valence-electron chi connectivity index (χ0n) is 18.8. The average molecular weight is 433 g/mol. The van der Waals surface area contributed by atoms with Gasteiger partial charge in [-0.1, -0.05) is 31.4 Å². The molecule has 2 amide bonds. The number of nitrogens with two attached hydrogens (primary N) is 1. The topological polar surface area (TPSA) is 71.2 Å². The summed E-state index contributed by atoms with van der Waals surface area (Å²) in [6.07, 6.45) is 7.59. The Labute approximate surface area is 190 Å². The van der Waals surface area contributed by atoms with Crippen LogP contribution < -0.4 is 10.6 Å². The predicted octanol–water partition coefficient (Wildman–Crippen LogP) is 5.61. The second-order valence-corrected chi connectivity index (χ2v) is 9.24. The highest BCUT2D eigenvalue weighted by Gasteiger charge is 2.37. The first kappa shape index (κ1) is 21.0. The first-order chi connectivity index (χ1) is 15.6. The van der Waals surface area contributed by atoms with Crippen molar-refractivity contribution in [1.82, 2.24) is 5.01 Å². The van der Waals surface area contributed by atoms with Crippen LogP contribution >= 0.6 is 0 Å². The summed E-state index contributed by atoms with van der Waals surface area (Å²) in [5.41, 5.74) is 11.6. The van der Waals surface area contributed by atoms with Crippen molar-refractivity contribution in [3.63, 3.8) is 0 Å². The molecular weight excluding hydrogens is 400 g/mol. The average Bonchev–Trinajstić information content (AvgIpc) is 2.95. The Hall–Kier alpha value is -2.86. The number of urea groups is 1. The van der Waals surface area contributed by atoms with Gasteiger partial charge in [0, 0.05) is 30.4 Å². The number of nitrogen functional groups attached to an aromatic ring is 1. The fourth-order valence-corrected chi connectivity index (χ4v) is 5.18. The van der Waals surface area contributed by atoms with Crippen LogP contribution in [0.25, 0.3) is 0 Å². The van der Waals surface area contributed by atoms with Crippen LogP contribution in [0.5, 0.6) is 0 Å². The summed E-state index contributed by atoms with van der Waals surface area (Å²) in [6.45, 7) is 3.40. The molecule has 3 aliphatic rings. The van der Waals surface area contributed by atoms with Crippen LogP contribution in [0.1, 0.15) is 56.1 Å². The molecule has 0 aromatic heterocycles. The van der Waals surface area contributed by atoms with E-state index in [4.69, 9.17) is 15.6 Å². The van der Waals surface area contributed by atoms with Gasteiger partial charge in [-0.05, 0) is 68.5 Å². The number of amides is 2. The first-order valence-electron chi connectivity index (χ1n) is 11.9. The number of carbonyl (C=O) groups is 1. The molecule has 2 aliphatic heterocycles. The quantitative estimate of drug-likeness (QED) is 0.641. The van der Waals surface area contributed by atoms with Gasteiger partial charge >= 0.3 is 6.03 Å². The predicted molar refractivity (Wildman–Crippen MR) is 128 cm³/mol. The molecule has 2 aromatic rings. The highest BCUT2D eigenvalue weighted by Crippen LogP contribution is 2.39. The number of benzene rings is 2. The molecule has 168 valence electrons. The molecule has 0 unspecified atom stereocenters. The molecule has 0 radical (unpaired) electrons. The number of hydrogen-bond donors (Lipinski definition) is 1. The van der Waals surface area contributed by atoms with Crippen LogP contribution in [0.2, 0.25) is 0 Å². The molecule has 32 heavy (non-hydrogen) atoms. The van der Waals surface area contributed by atoms with E-state index in [2.05, 4.69) is 25.1 Å². The highest BCUT2D eigenvalue weighted by molar-refractivity contribution is 6.14. The van der Waals surface area contributed by atoms with Crippen LogP contribution in [0.4, 0.5) is 21.9 Å². The van der Waals surface area contributed by atoms with Crippen LogP contribution in [-0.4, -0.2) is 36.0 Å². The van der Waals surface area contributed by atoms with Crippen LogP contribution in [0, 0.1) is 12.8 Å². The van der Waals surface area contributed by atoms with E-state index >= 15 is 0 Å². The Morgan fingerprint density at radius 3 is 2.41 bits per heavy atom. The Balaban J connectivity index is 1.68. The van der Waals surface area contributed by atoms with Crippen LogP contribution in [-0.2, 0) is 4.74 Å². The largest absolute Gasteiger partial charge is 0.399 e. The minimum absolute atomic E-state index is 0.0431. The number of ether oxygens (including phenoxy) is 1. The molecule has 6 nitrogen and oxygen atoms in total. The molecule has 2 fully saturated rings. The van der Waals surface area contributed by atoms with E-state index in [9.17, 15) is 4.79 Å². The number of hydrazone groups is 1. The molecule has 2 heterocycles. The maximum Gasteiger partial charge on any atom is 0.349 e. The maximum atomic E-state index is 14.1. The molecular formula is C26H32N4O2. The standard InChI is InChI=1S/C26H32N4O2/c1-18-7-12-23-24(17-18)29(21-10-8-20(27)9-11-21)26(31)30(22-13-15-32-16-14-22)28-25(23)19-5-3-2-4-6-19/h7-12,17,19,22H,2-6,13-16,27H2,1H3. The van der Waals surface area contributed by atoms with Crippen LogP contribution in [0.3, 0.4) is 0 Å². The lowest BCUT2D eigenvalue weighted by atomic mass is 9.82. The van der Waals surface area contributed by atoms with Crippen molar-refractivity contribution in [2.75, 3.05) is 23.8 Å². The number of rotatable bonds is 3. The van der Waals surface area contributed by atoms with Crippen molar-refractivity contribution in [3.05, 3.63) is 53.6 Å². The normalized spacial score (nSPS) is 20.7. The SMILES string of the molecule is Cc1ccc2c(c1)N(c1ccc(N)cc1)C(=O)N(C1CCOCC1)N=C2C1CCCCC1. The molecule has 0 bridgehead atoms. The summed E-state index contributed by atoms with van der Waals surface area (Å²) < 4.78 is 5.59. The van der Waals surface area contributed by atoms with Gasteiger partial charge in [0.1, 0.15) is 0 Å². The number of nitrogens with zero attached hydrogens (tertiary/aromatic N) is 3. The third-order valence-electron chi connectivity index (χ3n) is 6.95. The third kappa shape index (κ3) is 3.99. The molecule has 6 heteroatoms. The lowest BCUT2D eigenvalue weighted by molar-refractivity contribution is 0.0480. The van der Waals surface area contributed by atoms with Gasteiger partial charge in [0.25, 0.3) is 0 Å². The van der Waals surface area contributed by atoms with Gasteiger partial charge in [0.05, 0.1) is 23.1 Å². The molecule has 1 saturated carbocycles. The van der Waals surface area contributed by atoms with E-state index in [0.29, 0.717) is 24.8 Å². The number of aryl methyl sites for hydroxylation is 1. The van der Waals surface area contributed by atoms with Gasteiger partial charge in [-0.2, -0.15) is 5.10 Å². The number of carbonyl (C=O) groups excluding carboxylic acids is 1. The minimum atomic E-state index is -0.0978. The summed E-state index contributed by atoms with van der Waals surface area (Å²) in [5.74, 6) is 0.381. The van der Waals surface area contributed by atoms with Crippen molar-refractivity contribution < 1.29 is 9.53 Å². The van der Waals surface area contributed by atoms with E-state index in [1.165, 1.54) is 19.3 Å². The van der Waals surface area contributed by atoms with Gasteiger partial charge in [-0.15, -0.1) is 0 Å². The molecule has 1 aliphatic carbocycles. The second-order valence-electron chi connectivity index (χ2n) is 9.24. The summed E-state index contributed by atoms with van der Waals surface area (Å²) in [4.78, 5) is 15.9. The van der Waals surface area contributed by atoms with Gasteiger partial charge in [0.15, 0.2) is 0 Å². The summed E-state index contributed by atoms with van der Waals surface area (Å²) in [6, 6.07) is 13.9. The molecule has 1 saturated heterocycles. The molecule has 2 aromatic carbocycles. The zero-order valence-corrected chi connectivity index (χ0v) is 18.8. The van der Waals surface area contributed by atoms with E-state index in [-0.39, 0.29) is 12.1 Å². The van der Waals surface area contributed by atoms with Gasteiger partial charge in [-0.3, -0.25) is 4.90 Å². The van der Waals surface area contributed by atoms with E-state index in [1.54, 1.807) is 5.01 Å². The monoisotopic (exact) mass is 432 g/mol. The first-order valence-corrected chi connectivity index (χ1v) is 11.9. The Morgan fingerprint density at radius 1 is 0.969 bits per heavy atom. The molecule has 2 N–H and O–H groups in total. The van der Waals surface area contributed by atoms with Gasteiger partial charge in [0.2, 0.25) is 0 Å². The van der Waals surface area contributed by atoms with Gasteiger partial charge < -0.3 is 10.5 Å². The fraction of sp³-hybridized carbons (Fsp3) is 0.462. The van der Waals surface area contributed by atoms with E-state index in [1.807, 2.05) is 29.2 Å². The lowest BCUT2D eigenvalue weighted by Crippen LogP contribution is -2.45. The molecule has 0 atom stereocenters. The Kier molecular flexibility index (Phi) is 5.87. The Bertz CT molecular complexity index is 1000. The maximum absolute atomic E-state index is 14.1. The van der Waals surface area contributed by atoms with Crippen molar-refractivity contribution >= 4 is 28.8 Å². The third-order valence-corrected chi connectivity index (χ3v) is 6.95. The van der Waals surface area contributed by atoms with Crippen molar-refractivity contribution in [2.45, 2.75) is 57.9 Å². The van der Waals surface area contributed by atoms with Gasteiger partial charge in [-0.25, -0.2) is 9.80 Å². The molecule has 5 rings (SSSR count). The second kappa shape index (κ2) is 8.94. The summed E-state index contributed by atoms with van der Waals surface area (Å²) >= 11 is 0. The lowest BCUT2D eigenvalue weighted by Gasteiger charge is -2.33. The minimum Gasteiger partial charge on any atom is -0.399 e. The summed E-state index contributed by atoms with van der Waals surface area (Å²) in [5, 5.41) is 6.91. The number of hydrogen-bond acceptors (Lipinski definition) is 4.